The second-order valence-electron chi connectivity index (χ2n) is 7.11. The third-order valence-electron chi connectivity index (χ3n) is 5.32. The number of rotatable bonds is 4. The molecular weight excluding hydrogens is 360 g/mol. The minimum Gasteiger partial charge on any atom is -0.340 e. The predicted molar refractivity (Wildman–Crippen MR) is 106 cm³/mol. The van der Waals surface area contributed by atoms with E-state index in [0.29, 0.717) is 6.54 Å². The largest absolute Gasteiger partial charge is 0.340 e. The van der Waals surface area contributed by atoms with Crippen LogP contribution in [0.3, 0.4) is 0 Å². The van der Waals surface area contributed by atoms with Gasteiger partial charge in [0.05, 0.1) is 18.3 Å². The van der Waals surface area contributed by atoms with Gasteiger partial charge in [-0.2, -0.15) is 0 Å². The van der Waals surface area contributed by atoms with E-state index < -0.39 is 6.04 Å². The Kier molecular flexibility index (Phi) is 5.27. The summed E-state index contributed by atoms with van der Waals surface area (Å²) in [5, 5.41) is 5.17. The SMILES string of the molecule is O=C(Cc1cccc2ccccc12)NC1CCCCN1C1C(=O)CSC1=O. The Morgan fingerprint density at radius 2 is 1.93 bits per heavy atom. The molecule has 2 atom stereocenters. The van der Waals surface area contributed by atoms with Crippen LogP contribution in [-0.2, 0) is 20.8 Å². The van der Waals surface area contributed by atoms with Crippen molar-refractivity contribution >= 4 is 39.3 Å². The molecule has 2 heterocycles. The van der Waals surface area contributed by atoms with Crippen molar-refractivity contribution in [2.24, 2.45) is 0 Å². The molecule has 2 aromatic rings. The van der Waals surface area contributed by atoms with Crippen molar-refractivity contribution in [3.8, 4) is 0 Å². The van der Waals surface area contributed by atoms with Gasteiger partial charge in [0, 0.05) is 6.54 Å². The number of nitrogens with zero attached hydrogens (tertiary/aromatic N) is 1. The van der Waals surface area contributed by atoms with Crippen molar-refractivity contribution in [3.05, 3.63) is 48.0 Å². The molecule has 0 spiro atoms. The van der Waals surface area contributed by atoms with Crippen LogP contribution in [0.4, 0.5) is 0 Å². The van der Waals surface area contributed by atoms with Crippen LogP contribution in [0.5, 0.6) is 0 Å². The van der Waals surface area contributed by atoms with Crippen LogP contribution < -0.4 is 5.32 Å². The Morgan fingerprint density at radius 1 is 1.11 bits per heavy atom. The molecule has 140 valence electrons. The summed E-state index contributed by atoms with van der Waals surface area (Å²) in [5.74, 6) is 0.130. The molecular formula is C21H22N2O3S. The lowest BCUT2D eigenvalue weighted by atomic mass is 10.0. The van der Waals surface area contributed by atoms with Gasteiger partial charge >= 0.3 is 0 Å². The number of thioether (sulfide) groups is 1. The van der Waals surface area contributed by atoms with Crippen molar-refractivity contribution in [1.82, 2.24) is 10.2 Å². The van der Waals surface area contributed by atoms with E-state index in [1.54, 1.807) is 0 Å². The summed E-state index contributed by atoms with van der Waals surface area (Å²) in [6.07, 6.45) is 2.73. The molecule has 0 saturated carbocycles. The molecule has 1 N–H and O–H groups in total. The van der Waals surface area contributed by atoms with E-state index in [1.807, 2.05) is 47.4 Å². The lowest BCUT2D eigenvalue weighted by molar-refractivity contribution is -0.132. The van der Waals surface area contributed by atoms with Crippen LogP contribution in [-0.4, -0.2) is 46.2 Å². The van der Waals surface area contributed by atoms with Gasteiger partial charge in [0.15, 0.2) is 5.78 Å². The Balaban J connectivity index is 1.49. The molecule has 5 nitrogen and oxygen atoms in total. The van der Waals surface area contributed by atoms with Gasteiger partial charge in [-0.15, -0.1) is 0 Å². The van der Waals surface area contributed by atoms with Crippen LogP contribution in [0.2, 0.25) is 0 Å². The molecule has 0 aromatic heterocycles. The molecule has 0 radical (unpaired) electrons. The van der Waals surface area contributed by atoms with Gasteiger partial charge in [-0.25, -0.2) is 0 Å². The van der Waals surface area contributed by atoms with Gasteiger partial charge in [-0.1, -0.05) is 54.2 Å². The smallest absolute Gasteiger partial charge is 0.225 e. The fourth-order valence-electron chi connectivity index (χ4n) is 4.03. The van der Waals surface area contributed by atoms with E-state index in [2.05, 4.69) is 5.32 Å². The number of fused-ring (bicyclic) bond motifs is 1. The minimum absolute atomic E-state index is 0.0415. The number of carbonyl (C=O) groups excluding carboxylic acids is 3. The summed E-state index contributed by atoms with van der Waals surface area (Å²) in [6.45, 7) is 0.669. The van der Waals surface area contributed by atoms with Gasteiger partial charge < -0.3 is 5.32 Å². The average Bonchev–Trinajstić information content (AvgIpc) is 3.01. The van der Waals surface area contributed by atoms with Crippen molar-refractivity contribution < 1.29 is 14.4 Å². The van der Waals surface area contributed by atoms with Crippen molar-refractivity contribution in [1.29, 1.82) is 0 Å². The monoisotopic (exact) mass is 382 g/mol. The number of ketones is 1. The fourth-order valence-corrected chi connectivity index (χ4v) is 4.89. The van der Waals surface area contributed by atoms with Gasteiger partial charge in [0.25, 0.3) is 0 Å². The highest BCUT2D eigenvalue weighted by atomic mass is 32.2. The zero-order chi connectivity index (χ0) is 18.8. The normalized spacial score (nSPS) is 23.7. The summed E-state index contributed by atoms with van der Waals surface area (Å²) in [5.41, 5.74) is 0.983. The molecule has 2 unspecified atom stereocenters. The Morgan fingerprint density at radius 3 is 2.74 bits per heavy atom. The molecule has 6 heteroatoms. The first-order valence-corrected chi connectivity index (χ1v) is 10.3. The Hall–Kier alpha value is -2.18. The topological polar surface area (TPSA) is 66.5 Å². The molecule has 4 rings (SSSR count). The first-order chi connectivity index (χ1) is 13.1. The van der Waals surface area contributed by atoms with Gasteiger partial charge in [-0.05, 0) is 35.6 Å². The van der Waals surface area contributed by atoms with Gasteiger partial charge in [-0.3, -0.25) is 19.3 Å². The summed E-state index contributed by atoms with van der Waals surface area (Å²) < 4.78 is 0. The second kappa shape index (κ2) is 7.82. The number of hydrogen-bond donors (Lipinski definition) is 1. The maximum atomic E-state index is 12.7. The number of Topliss-reactive ketones (excluding diaryl/α,β-unsaturated/α-hetero) is 1. The number of benzene rings is 2. The van der Waals surface area contributed by atoms with Crippen LogP contribution >= 0.6 is 11.8 Å². The summed E-state index contributed by atoms with van der Waals surface area (Å²) >= 11 is 1.09. The second-order valence-corrected chi connectivity index (χ2v) is 8.09. The summed E-state index contributed by atoms with van der Waals surface area (Å²) in [4.78, 5) is 38.9. The maximum absolute atomic E-state index is 12.7. The lowest BCUT2D eigenvalue weighted by Crippen LogP contribution is -2.57. The highest BCUT2D eigenvalue weighted by molar-refractivity contribution is 8.15. The molecule has 2 fully saturated rings. The average molecular weight is 382 g/mol. The van der Waals surface area contributed by atoms with Crippen LogP contribution in [0.25, 0.3) is 10.8 Å². The van der Waals surface area contributed by atoms with E-state index in [1.165, 1.54) is 0 Å². The number of piperidine rings is 1. The van der Waals surface area contributed by atoms with Gasteiger partial charge in [0.1, 0.15) is 6.04 Å². The molecule has 2 aliphatic rings. The third kappa shape index (κ3) is 3.77. The number of amides is 1. The highest BCUT2D eigenvalue weighted by Gasteiger charge is 2.42. The number of hydrogen-bond acceptors (Lipinski definition) is 5. The number of carbonyl (C=O) groups is 3. The fraction of sp³-hybridized carbons (Fsp3) is 0.381. The molecule has 2 aromatic carbocycles. The van der Waals surface area contributed by atoms with E-state index in [4.69, 9.17) is 0 Å². The Bertz CT molecular complexity index is 877. The molecule has 27 heavy (non-hydrogen) atoms. The molecule has 2 aliphatic heterocycles. The van der Waals surface area contributed by atoms with Crippen LogP contribution in [0.15, 0.2) is 42.5 Å². The first-order valence-electron chi connectivity index (χ1n) is 9.34. The quantitative estimate of drug-likeness (QED) is 0.823. The summed E-state index contributed by atoms with van der Waals surface area (Å²) in [7, 11) is 0. The van der Waals surface area contributed by atoms with E-state index >= 15 is 0 Å². The molecule has 1 amide bonds. The van der Waals surface area contributed by atoms with E-state index in [9.17, 15) is 14.4 Å². The molecule has 0 bridgehead atoms. The van der Waals surface area contributed by atoms with Crippen molar-refractivity contribution in [2.45, 2.75) is 37.9 Å². The van der Waals surface area contributed by atoms with Crippen LogP contribution in [0, 0.1) is 0 Å². The lowest BCUT2D eigenvalue weighted by Gasteiger charge is -2.38. The standard InChI is InChI=1S/C21H22N2O3S/c24-17-13-27-21(26)20(17)23-11-4-3-10-18(23)22-19(25)12-15-8-5-7-14-6-1-2-9-16(14)15/h1-2,5-9,18,20H,3-4,10-13H2,(H,22,25). The maximum Gasteiger partial charge on any atom is 0.225 e. The number of nitrogens with one attached hydrogen (secondary N) is 1. The van der Waals surface area contributed by atoms with Gasteiger partial charge in [0.2, 0.25) is 11.0 Å². The Labute approximate surface area is 162 Å². The zero-order valence-corrected chi connectivity index (χ0v) is 15.8. The third-order valence-corrected chi connectivity index (χ3v) is 6.26. The highest BCUT2D eigenvalue weighted by Crippen LogP contribution is 2.27. The first kappa shape index (κ1) is 18.2. The molecule has 2 saturated heterocycles. The van der Waals surface area contributed by atoms with E-state index in [-0.39, 0.29) is 35.1 Å². The predicted octanol–water partition coefficient (Wildman–Crippen LogP) is 2.52. The minimum atomic E-state index is -0.696. The molecule has 0 aliphatic carbocycles. The van der Waals surface area contributed by atoms with Crippen LogP contribution in [0.1, 0.15) is 24.8 Å². The summed E-state index contributed by atoms with van der Waals surface area (Å²) in [6, 6.07) is 13.3. The number of likely N-dealkylation sites (tertiary alicyclic amines) is 1. The van der Waals surface area contributed by atoms with E-state index in [0.717, 1.165) is 47.4 Å². The van der Waals surface area contributed by atoms with Crippen molar-refractivity contribution in [3.63, 3.8) is 0 Å². The zero-order valence-electron chi connectivity index (χ0n) is 15.0. The van der Waals surface area contributed by atoms with Crippen molar-refractivity contribution in [2.75, 3.05) is 12.3 Å².